The van der Waals surface area contributed by atoms with Crippen molar-refractivity contribution in [1.29, 1.82) is 0 Å². The first-order valence-corrected chi connectivity index (χ1v) is 8.52. The standard InChI is InChI=1S/C15H14N4O4S/c16-24(20,21)15-7-6-12(9-17-15)22-10-14-19-18-13(23-14)8-11-4-2-1-3-5-11/h1-7,9H,8,10H2,(H2,16,20,21). The molecule has 0 spiro atoms. The molecule has 2 heterocycles. The van der Waals surface area contributed by atoms with E-state index in [2.05, 4.69) is 15.2 Å². The highest BCUT2D eigenvalue weighted by Gasteiger charge is 2.10. The van der Waals surface area contributed by atoms with Crippen LogP contribution in [-0.2, 0) is 23.1 Å². The van der Waals surface area contributed by atoms with E-state index in [4.69, 9.17) is 14.3 Å². The van der Waals surface area contributed by atoms with Crippen LogP contribution in [-0.4, -0.2) is 23.6 Å². The molecule has 0 aliphatic carbocycles. The number of benzene rings is 1. The van der Waals surface area contributed by atoms with Gasteiger partial charge in [-0.3, -0.25) is 0 Å². The van der Waals surface area contributed by atoms with Crippen molar-refractivity contribution in [3.8, 4) is 5.75 Å². The van der Waals surface area contributed by atoms with Crippen LogP contribution >= 0.6 is 0 Å². The van der Waals surface area contributed by atoms with Crippen LogP contribution in [0.3, 0.4) is 0 Å². The maximum atomic E-state index is 11.1. The van der Waals surface area contributed by atoms with Gasteiger partial charge in [0, 0.05) is 0 Å². The Morgan fingerprint density at radius 1 is 1.04 bits per heavy atom. The second kappa shape index (κ2) is 6.77. The highest BCUT2D eigenvalue weighted by atomic mass is 32.2. The summed E-state index contributed by atoms with van der Waals surface area (Å²) in [5.41, 5.74) is 1.07. The summed E-state index contributed by atoms with van der Waals surface area (Å²) in [7, 11) is -3.82. The summed E-state index contributed by atoms with van der Waals surface area (Å²) in [5.74, 6) is 1.17. The molecule has 0 atom stereocenters. The Kier molecular flexibility index (Phi) is 4.54. The Balaban J connectivity index is 1.59. The number of pyridine rings is 1. The highest BCUT2D eigenvalue weighted by Crippen LogP contribution is 2.14. The van der Waals surface area contributed by atoms with Gasteiger partial charge in [0.05, 0.1) is 12.6 Å². The van der Waals surface area contributed by atoms with Crippen LogP contribution in [0.4, 0.5) is 0 Å². The average Bonchev–Trinajstić information content (AvgIpc) is 3.01. The predicted molar refractivity (Wildman–Crippen MR) is 83.5 cm³/mol. The summed E-state index contributed by atoms with van der Waals surface area (Å²) < 4.78 is 33.2. The van der Waals surface area contributed by atoms with E-state index in [0.717, 1.165) is 5.56 Å². The molecule has 0 aliphatic heterocycles. The van der Waals surface area contributed by atoms with Gasteiger partial charge < -0.3 is 9.15 Å². The number of rotatable bonds is 6. The van der Waals surface area contributed by atoms with E-state index < -0.39 is 10.0 Å². The van der Waals surface area contributed by atoms with Crippen LogP contribution in [0.25, 0.3) is 0 Å². The fourth-order valence-corrected chi connectivity index (χ4v) is 2.41. The number of primary sulfonamides is 1. The number of aromatic nitrogens is 3. The molecule has 2 N–H and O–H groups in total. The second-order valence-corrected chi connectivity index (χ2v) is 6.43. The number of hydrogen-bond donors (Lipinski definition) is 1. The minimum Gasteiger partial charge on any atom is -0.482 e. The molecule has 8 nitrogen and oxygen atoms in total. The number of nitrogens with two attached hydrogens (primary N) is 1. The number of sulfonamides is 1. The number of hydrogen-bond acceptors (Lipinski definition) is 7. The summed E-state index contributed by atoms with van der Waals surface area (Å²) in [5, 5.41) is 12.6. The minimum atomic E-state index is -3.82. The normalized spacial score (nSPS) is 11.4. The zero-order valence-electron chi connectivity index (χ0n) is 12.5. The van der Waals surface area contributed by atoms with Gasteiger partial charge in [-0.25, -0.2) is 18.5 Å². The fourth-order valence-electron chi connectivity index (χ4n) is 1.95. The molecule has 24 heavy (non-hydrogen) atoms. The Hall–Kier alpha value is -2.78. The van der Waals surface area contributed by atoms with Gasteiger partial charge in [0.2, 0.25) is 5.89 Å². The van der Waals surface area contributed by atoms with Crippen LogP contribution in [0.2, 0.25) is 0 Å². The third kappa shape index (κ3) is 4.15. The molecule has 0 aliphatic rings. The van der Waals surface area contributed by atoms with Crippen LogP contribution < -0.4 is 9.88 Å². The van der Waals surface area contributed by atoms with E-state index >= 15 is 0 Å². The van der Waals surface area contributed by atoms with Crippen molar-refractivity contribution in [2.75, 3.05) is 0 Å². The summed E-state index contributed by atoms with van der Waals surface area (Å²) in [6.07, 6.45) is 1.81. The van der Waals surface area contributed by atoms with Crippen molar-refractivity contribution >= 4 is 10.0 Å². The predicted octanol–water partition coefficient (Wildman–Crippen LogP) is 1.28. The van der Waals surface area contributed by atoms with E-state index in [1.54, 1.807) is 0 Å². The molecule has 0 saturated heterocycles. The topological polar surface area (TPSA) is 121 Å². The lowest BCUT2D eigenvalue weighted by atomic mass is 10.2. The van der Waals surface area contributed by atoms with Crippen molar-refractivity contribution in [1.82, 2.24) is 15.2 Å². The van der Waals surface area contributed by atoms with Crippen LogP contribution in [0.5, 0.6) is 5.75 Å². The van der Waals surface area contributed by atoms with Crippen molar-refractivity contribution in [2.24, 2.45) is 5.14 Å². The monoisotopic (exact) mass is 346 g/mol. The summed E-state index contributed by atoms with van der Waals surface area (Å²) in [6, 6.07) is 12.5. The molecular formula is C15H14N4O4S. The number of nitrogens with zero attached hydrogens (tertiary/aromatic N) is 3. The Bertz CT molecular complexity index is 908. The lowest BCUT2D eigenvalue weighted by Gasteiger charge is -2.03. The largest absolute Gasteiger partial charge is 0.482 e. The van der Waals surface area contributed by atoms with Gasteiger partial charge in [0.1, 0.15) is 5.75 Å². The molecule has 0 unspecified atom stereocenters. The van der Waals surface area contributed by atoms with Gasteiger partial charge in [-0.05, 0) is 17.7 Å². The van der Waals surface area contributed by atoms with Gasteiger partial charge in [-0.1, -0.05) is 30.3 Å². The van der Waals surface area contributed by atoms with E-state index in [1.165, 1.54) is 18.3 Å². The van der Waals surface area contributed by atoms with Gasteiger partial charge in [0.25, 0.3) is 15.9 Å². The zero-order chi connectivity index (χ0) is 17.0. The molecule has 0 fully saturated rings. The molecule has 1 aromatic carbocycles. The average molecular weight is 346 g/mol. The van der Waals surface area contributed by atoms with E-state index in [9.17, 15) is 8.42 Å². The van der Waals surface area contributed by atoms with Gasteiger partial charge in [-0.15, -0.1) is 10.2 Å². The zero-order valence-corrected chi connectivity index (χ0v) is 13.3. The van der Waals surface area contributed by atoms with Crippen LogP contribution in [0.15, 0.2) is 58.1 Å². The third-order valence-corrected chi connectivity index (χ3v) is 3.89. The summed E-state index contributed by atoms with van der Waals surface area (Å²) in [4.78, 5) is 3.72. The quantitative estimate of drug-likeness (QED) is 0.713. The van der Waals surface area contributed by atoms with Gasteiger partial charge >= 0.3 is 0 Å². The SMILES string of the molecule is NS(=O)(=O)c1ccc(OCc2nnc(Cc3ccccc3)o2)cn1. The van der Waals surface area contributed by atoms with Crippen LogP contribution in [0.1, 0.15) is 17.3 Å². The maximum Gasteiger partial charge on any atom is 0.255 e. The Morgan fingerprint density at radius 3 is 2.46 bits per heavy atom. The smallest absolute Gasteiger partial charge is 0.255 e. The molecular weight excluding hydrogens is 332 g/mol. The first kappa shape index (κ1) is 16.1. The minimum absolute atomic E-state index is 0.0538. The van der Waals surface area contributed by atoms with E-state index in [0.29, 0.717) is 24.0 Å². The molecule has 0 amide bonds. The van der Waals surface area contributed by atoms with Crippen molar-refractivity contribution in [3.63, 3.8) is 0 Å². The van der Waals surface area contributed by atoms with Crippen molar-refractivity contribution in [3.05, 3.63) is 66.0 Å². The van der Waals surface area contributed by atoms with Crippen LogP contribution in [0, 0.1) is 0 Å². The molecule has 0 saturated carbocycles. The third-order valence-electron chi connectivity index (χ3n) is 3.07. The van der Waals surface area contributed by atoms with Crippen molar-refractivity contribution < 1.29 is 17.6 Å². The van der Waals surface area contributed by atoms with Gasteiger partial charge in [-0.2, -0.15) is 0 Å². The molecule has 3 rings (SSSR count). The molecule has 0 radical (unpaired) electrons. The lowest BCUT2D eigenvalue weighted by Crippen LogP contribution is -2.13. The molecule has 9 heteroatoms. The number of ether oxygens (including phenoxy) is 1. The lowest BCUT2D eigenvalue weighted by molar-refractivity contribution is 0.258. The molecule has 2 aromatic heterocycles. The van der Waals surface area contributed by atoms with Crippen molar-refractivity contribution in [2.45, 2.75) is 18.1 Å². The van der Waals surface area contributed by atoms with E-state index in [-0.39, 0.29) is 11.6 Å². The Labute approximate surface area is 138 Å². The summed E-state index contributed by atoms with van der Waals surface area (Å²) >= 11 is 0. The summed E-state index contributed by atoms with van der Waals surface area (Å²) in [6.45, 7) is 0.0538. The fraction of sp³-hybridized carbons (Fsp3) is 0.133. The molecule has 3 aromatic rings. The Morgan fingerprint density at radius 2 is 1.79 bits per heavy atom. The van der Waals surface area contributed by atoms with Gasteiger partial charge in [0.15, 0.2) is 11.6 Å². The second-order valence-electron chi connectivity index (χ2n) is 4.92. The molecule has 0 bridgehead atoms. The maximum absolute atomic E-state index is 11.1. The first-order valence-electron chi connectivity index (χ1n) is 6.97. The molecule has 124 valence electrons. The van der Waals surface area contributed by atoms with E-state index in [1.807, 2.05) is 30.3 Å². The first-order chi connectivity index (χ1) is 11.5. The highest BCUT2D eigenvalue weighted by molar-refractivity contribution is 7.89.